The topological polar surface area (TPSA) is 76.9 Å². The maximum atomic E-state index is 12.8. The summed E-state index contributed by atoms with van der Waals surface area (Å²) < 4.78 is 63.8. The normalized spacial score (nSPS) is 12.5. The van der Waals surface area contributed by atoms with E-state index in [1.165, 1.54) is 24.4 Å². The smallest absolute Gasteiger partial charge is 0.360 e. The number of hydrogen-bond acceptors (Lipinski definition) is 5. The Morgan fingerprint density at radius 2 is 1.81 bits per heavy atom. The quantitative estimate of drug-likeness (QED) is 0.672. The highest BCUT2D eigenvalue weighted by atomic mass is 35.5. The van der Waals surface area contributed by atoms with Crippen LogP contribution in [0, 0.1) is 6.92 Å². The maximum Gasteiger partial charge on any atom is 0.405 e. The summed E-state index contributed by atoms with van der Waals surface area (Å²) in [4.78, 5) is 7.60. The zero-order valence-corrected chi connectivity index (χ0v) is 14.8. The molecule has 2 aromatic heterocycles. The molecule has 0 radical (unpaired) electrons. The van der Waals surface area contributed by atoms with Crippen molar-refractivity contribution in [3.05, 3.63) is 47.4 Å². The van der Waals surface area contributed by atoms with E-state index in [0.717, 1.165) is 9.54 Å². The predicted molar refractivity (Wildman–Crippen MR) is 90.8 cm³/mol. The number of anilines is 1. The molecular weight excluding hydrogens is 393 g/mol. The molecule has 0 saturated carbocycles. The van der Waals surface area contributed by atoms with Crippen LogP contribution >= 0.6 is 11.6 Å². The van der Waals surface area contributed by atoms with Gasteiger partial charge in [-0.25, -0.2) is 17.4 Å². The number of halogens is 4. The molecule has 0 aliphatic heterocycles. The number of rotatable bonds is 4. The standard InChI is InChI=1S/C15H12ClF3N4O2S/c1-9-2-4-10(5-3-9)26(24,25)23-7-6-11-12(20-8-15(17,18)19)21-14(16)22-13(11)23/h2-7H,8H2,1H3,(H,20,21,22). The van der Waals surface area contributed by atoms with Gasteiger partial charge in [0.15, 0.2) is 5.65 Å². The lowest BCUT2D eigenvalue weighted by Crippen LogP contribution is -2.22. The zero-order chi connectivity index (χ0) is 19.1. The first kappa shape index (κ1) is 18.5. The minimum absolute atomic E-state index is 0.0140. The Bertz CT molecular complexity index is 1060. The third-order valence-corrected chi connectivity index (χ3v) is 5.37. The van der Waals surface area contributed by atoms with Crippen molar-refractivity contribution in [2.45, 2.75) is 18.0 Å². The van der Waals surface area contributed by atoms with Crippen molar-refractivity contribution in [2.24, 2.45) is 0 Å². The average Bonchev–Trinajstić information content (AvgIpc) is 2.96. The maximum absolute atomic E-state index is 12.8. The summed E-state index contributed by atoms with van der Waals surface area (Å²) in [5.74, 6) is -0.199. The molecule has 0 saturated heterocycles. The van der Waals surface area contributed by atoms with E-state index in [0.29, 0.717) is 0 Å². The van der Waals surface area contributed by atoms with Crippen molar-refractivity contribution >= 4 is 38.5 Å². The first-order valence-corrected chi connectivity index (χ1v) is 9.07. The molecule has 0 amide bonds. The molecule has 0 atom stereocenters. The SMILES string of the molecule is Cc1ccc(S(=O)(=O)n2ccc3c(NCC(F)(F)F)nc(Cl)nc32)cc1. The fourth-order valence-electron chi connectivity index (χ4n) is 2.30. The van der Waals surface area contributed by atoms with Crippen LogP contribution in [0.5, 0.6) is 0 Å². The molecule has 1 N–H and O–H groups in total. The Hall–Kier alpha value is -2.33. The summed E-state index contributed by atoms with van der Waals surface area (Å²) in [7, 11) is -4.00. The molecular formula is C15H12ClF3N4O2S. The number of nitrogens with zero attached hydrogens (tertiary/aromatic N) is 3. The molecule has 2 heterocycles. The zero-order valence-electron chi connectivity index (χ0n) is 13.2. The van der Waals surface area contributed by atoms with Crippen molar-refractivity contribution in [3.8, 4) is 0 Å². The molecule has 0 unspecified atom stereocenters. The molecule has 3 aromatic rings. The predicted octanol–water partition coefficient (Wildman–Crippen LogP) is 3.60. The molecule has 0 aliphatic carbocycles. The summed E-state index contributed by atoms with van der Waals surface area (Å²) in [5.41, 5.74) is 0.764. The second kappa shape index (κ2) is 6.44. The van der Waals surface area contributed by atoms with E-state index in [9.17, 15) is 21.6 Å². The van der Waals surface area contributed by atoms with E-state index < -0.39 is 22.7 Å². The summed E-state index contributed by atoms with van der Waals surface area (Å²) in [6, 6.07) is 7.45. The van der Waals surface area contributed by atoms with E-state index in [2.05, 4.69) is 15.3 Å². The van der Waals surface area contributed by atoms with Gasteiger partial charge < -0.3 is 5.32 Å². The number of fused-ring (bicyclic) bond motifs is 1. The first-order valence-electron chi connectivity index (χ1n) is 7.25. The van der Waals surface area contributed by atoms with Crippen molar-refractivity contribution in [1.29, 1.82) is 0 Å². The van der Waals surface area contributed by atoms with E-state index >= 15 is 0 Å². The van der Waals surface area contributed by atoms with Crippen LogP contribution < -0.4 is 5.32 Å². The minimum Gasteiger partial charge on any atom is -0.360 e. The summed E-state index contributed by atoms with van der Waals surface area (Å²) >= 11 is 5.77. The van der Waals surface area contributed by atoms with Crippen molar-refractivity contribution in [3.63, 3.8) is 0 Å². The first-order chi connectivity index (χ1) is 12.1. The van der Waals surface area contributed by atoms with Gasteiger partial charge in [-0.05, 0) is 36.7 Å². The summed E-state index contributed by atoms with van der Waals surface area (Å²) in [6.07, 6.45) is -3.27. The van der Waals surface area contributed by atoms with Gasteiger partial charge in [-0.15, -0.1) is 0 Å². The minimum atomic E-state index is -4.47. The van der Waals surface area contributed by atoms with Gasteiger partial charge in [0.2, 0.25) is 5.28 Å². The van der Waals surface area contributed by atoms with Crippen LogP contribution in [0.15, 0.2) is 41.4 Å². The molecule has 138 valence electrons. The lowest BCUT2D eigenvalue weighted by molar-refractivity contribution is -0.115. The highest BCUT2D eigenvalue weighted by Crippen LogP contribution is 2.27. The number of benzene rings is 1. The molecule has 0 aliphatic rings. The van der Waals surface area contributed by atoms with Crippen molar-refractivity contribution < 1.29 is 21.6 Å². The number of nitrogens with one attached hydrogen (secondary N) is 1. The molecule has 26 heavy (non-hydrogen) atoms. The van der Waals surface area contributed by atoms with Crippen molar-refractivity contribution in [2.75, 3.05) is 11.9 Å². The average molecular weight is 405 g/mol. The molecule has 0 bridgehead atoms. The molecule has 6 nitrogen and oxygen atoms in total. The Morgan fingerprint density at radius 3 is 2.42 bits per heavy atom. The van der Waals surface area contributed by atoms with Crippen LogP contribution in [-0.2, 0) is 10.0 Å². The van der Waals surface area contributed by atoms with Crippen LogP contribution in [-0.4, -0.2) is 35.1 Å². The Labute approximate surface area is 151 Å². The largest absolute Gasteiger partial charge is 0.405 e. The van der Waals surface area contributed by atoms with Gasteiger partial charge in [0.1, 0.15) is 12.4 Å². The Balaban J connectivity index is 2.11. The van der Waals surface area contributed by atoms with Crippen LogP contribution in [0.1, 0.15) is 5.56 Å². The third kappa shape index (κ3) is 3.61. The number of aromatic nitrogens is 3. The van der Waals surface area contributed by atoms with Gasteiger partial charge in [0.05, 0.1) is 10.3 Å². The van der Waals surface area contributed by atoms with E-state index in [1.54, 1.807) is 12.1 Å². The second-order valence-corrected chi connectivity index (χ2v) is 7.63. The summed E-state index contributed by atoms with van der Waals surface area (Å²) in [6.45, 7) is 0.471. The number of aryl methyl sites for hydroxylation is 1. The lowest BCUT2D eigenvalue weighted by atomic mass is 10.2. The van der Waals surface area contributed by atoms with Crippen LogP contribution in [0.2, 0.25) is 5.28 Å². The molecule has 1 aromatic carbocycles. The molecule has 0 fully saturated rings. The Kier molecular flexibility index (Phi) is 4.57. The molecule has 3 rings (SSSR count). The fraction of sp³-hybridized carbons (Fsp3) is 0.200. The van der Waals surface area contributed by atoms with Crippen LogP contribution in [0.3, 0.4) is 0 Å². The van der Waals surface area contributed by atoms with E-state index in [4.69, 9.17) is 11.6 Å². The fourth-order valence-corrected chi connectivity index (χ4v) is 3.76. The van der Waals surface area contributed by atoms with Crippen LogP contribution in [0.4, 0.5) is 19.0 Å². The lowest BCUT2D eigenvalue weighted by Gasteiger charge is -2.11. The third-order valence-electron chi connectivity index (χ3n) is 3.52. The molecule has 11 heteroatoms. The van der Waals surface area contributed by atoms with E-state index in [-0.39, 0.29) is 27.0 Å². The Morgan fingerprint density at radius 1 is 1.15 bits per heavy atom. The number of alkyl halides is 3. The van der Waals surface area contributed by atoms with Gasteiger partial charge in [0.25, 0.3) is 10.0 Å². The van der Waals surface area contributed by atoms with Gasteiger partial charge in [-0.1, -0.05) is 17.7 Å². The highest BCUT2D eigenvalue weighted by Gasteiger charge is 2.28. The van der Waals surface area contributed by atoms with Gasteiger partial charge in [-0.3, -0.25) is 0 Å². The highest BCUT2D eigenvalue weighted by molar-refractivity contribution is 7.90. The second-order valence-electron chi connectivity index (χ2n) is 5.48. The van der Waals surface area contributed by atoms with Gasteiger partial charge in [0, 0.05) is 6.20 Å². The van der Waals surface area contributed by atoms with Gasteiger partial charge >= 0.3 is 6.18 Å². The van der Waals surface area contributed by atoms with E-state index in [1.807, 2.05) is 6.92 Å². The monoisotopic (exact) mass is 404 g/mol. The molecule has 0 spiro atoms. The summed E-state index contributed by atoms with van der Waals surface area (Å²) in [5, 5.41) is 1.84. The van der Waals surface area contributed by atoms with Gasteiger partial charge in [-0.2, -0.15) is 18.2 Å². The van der Waals surface area contributed by atoms with Crippen LogP contribution in [0.25, 0.3) is 11.0 Å². The van der Waals surface area contributed by atoms with Crippen molar-refractivity contribution in [1.82, 2.24) is 13.9 Å². The number of hydrogen-bond donors (Lipinski definition) is 1.